The van der Waals surface area contributed by atoms with Gasteiger partial charge in [0.15, 0.2) is 0 Å². The van der Waals surface area contributed by atoms with Crippen LogP contribution in [-0.2, 0) is 9.59 Å². The Hall–Kier alpha value is -2.10. The van der Waals surface area contributed by atoms with Gasteiger partial charge in [-0.1, -0.05) is 18.2 Å². The van der Waals surface area contributed by atoms with Crippen molar-refractivity contribution in [2.45, 2.75) is 12.8 Å². The van der Waals surface area contributed by atoms with Gasteiger partial charge in [0.2, 0.25) is 11.8 Å². The Balaban J connectivity index is 1.99. The van der Waals surface area contributed by atoms with E-state index in [9.17, 15) is 14.7 Å². The molecule has 1 heterocycles. The Labute approximate surface area is 105 Å². The van der Waals surface area contributed by atoms with Gasteiger partial charge in [0.25, 0.3) is 0 Å². The van der Waals surface area contributed by atoms with Crippen molar-refractivity contribution < 1.29 is 14.7 Å². The number of carbonyl (C=O) groups is 2. The van der Waals surface area contributed by atoms with Crippen molar-refractivity contribution >= 4 is 17.5 Å². The van der Waals surface area contributed by atoms with Crippen molar-refractivity contribution in [3.63, 3.8) is 0 Å². The first-order valence-electron chi connectivity index (χ1n) is 6.00. The van der Waals surface area contributed by atoms with E-state index in [1.54, 1.807) is 12.1 Å². The highest BCUT2D eigenvalue weighted by Crippen LogP contribution is 2.38. The summed E-state index contributed by atoms with van der Waals surface area (Å²) in [5.74, 6) is -0.712. The molecule has 0 aromatic heterocycles. The monoisotopic (exact) mass is 243 g/mol. The summed E-state index contributed by atoms with van der Waals surface area (Å²) < 4.78 is 0. The van der Waals surface area contributed by atoms with Crippen molar-refractivity contribution in [3.05, 3.63) is 36.4 Å². The van der Waals surface area contributed by atoms with Gasteiger partial charge in [0.1, 0.15) is 5.75 Å². The summed E-state index contributed by atoms with van der Waals surface area (Å²) in [7, 11) is 0. The number of carbonyl (C=O) groups excluding carboxylic acids is 2. The number of hydrogen-bond donors (Lipinski definition) is 1. The largest absolute Gasteiger partial charge is 0.508 e. The van der Waals surface area contributed by atoms with E-state index in [1.165, 1.54) is 17.0 Å². The Bertz CT molecular complexity index is 524. The van der Waals surface area contributed by atoms with Gasteiger partial charge in [-0.15, -0.1) is 0 Å². The SMILES string of the molecule is O=C1[C@@H]2CC=CC[C@H]2C(=O)N1c1cccc(O)c1. The third kappa shape index (κ3) is 1.53. The van der Waals surface area contributed by atoms with Crippen molar-refractivity contribution in [2.75, 3.05) is 4.90 Å². The normalized spacial score (nSPS) is 26.6. The number of imide groups is 1. The van der Waals surface area contributed by atoms with Crippen LogP contribution < -0.4 is 4.90 Å². The number of fused-ring (bicyclic) bond motifs is 1. The first-order valence-corrected chi connectivity index (χ1v) is 6.00. The number of rotatable bonds is 1. The molecule has 1 fully saturated rings. The first kappa shape index (κ1) is 11.0. The van der Waals surface area contributed by atoms with Gasteiger partial charge in [-0.2, -0.15) is 0 Å². The van der Waals surface area contributed by atoms with E-state index in [1.807, 2.05) is 12.2 Å². The van der Waals surface area contributed by atoms with E-state index >= 15 is 0 Å². The Morgan fingerprint density at radius 3 is 2.22 bits per heavy atom. The zero-order valence-electron chi connectivity index (χ0n) is 9.74. The molecule has 0 bridgehead atoms. The summed E-state index contributed by atoms with van der Waals surface area (Å²) in [6.45, 7) is 0. The van der Waals surface area contributed by atoms with E-state index < -0.39 is 0 Å². The minimum Gasteiger partial charge on any atom is -0.508 e. The predicted octanol–water partition coefficient (Wildman–Crippen LogP) is 1.85. The van der Waals surface area contributed by atoms with Crippen molar-refractivity contribution in [2.24, 2.45) is 11.8 Å². The molecule has 1 aliphatic carbocycles. The lowest BCUT2D eigenvalue weighted by molar-refractivity contribution is -0.122. The number of anilines is 1. The summed E-state index contributed by atoms with van der Waals surface area (Å²) in [5.41, 5.74) is 0.458. The second kappa shape index (κ2) is 3.98. The lowest BCUT2D eigenvalue weighted by Crippen LogP contribution is -2.30. The number of hydrogen-bond acceptors (Lipinski definition) is 3. The smallest absolute Gasteiger partial charge is 0.238 e. The molecule has 92 valence electrons. The molecule has 0 radical (unpaired) electrons. The van der Waals surface area contributed by atoms with Crippen LogP contribution in [0.25, 0.3) is 0 Å². The van der Waals surface area contributed by atoms with E-state index in [0.29, 0.717) is 18.5 Å². The van der Waals surface area contributed by atoms with Crippen LogP contribution in [0.3, 0.4) is 0 Å². The number of phenolic OH excluding ortho intramolecular Hbond substituents is 1. The molecule has 1 saturated heterocycles. The molecule has 2 aliphatic rings. The van der Waals surface area contributed by atoms with Crippen LogP contribution in [0.1, 0.15) is 12.8 Å². The van der Waals surface area contributed by atoms with Crippen molar-refractivity contribution in [1.29, 1.82) is 0 Å². The molecule has 4 nitrogen and oxygen atoms in total. The minimum atomic E-state index is -0.232. The fraction of sp³-hybridized carbons (Fsp3) is 0.286. The second-order valence-corrected chi connectivity index (χ2v) is 4.69. The molecule has 0 saturated carbocycles. The zero-order valence-corrected chi connectivity index (χ0v) is 9.74. The van der Waals surface area contributed by atoms with Gasteiger partial charge in [0.05, 0.1) is 17.5 Å². The molecule has 1 aliphatic heterocycles. The van der Waals surface area contributed by atoms with Gasteiger partial charge in [0, 0.05) is 6.07 Å². The van der Waals surface area contributed by atoms with Crippen LogP contribution in [0, 0.1) is 11.8 Å². The molecule has 4 heteroatoms. The van der Waals surface area contributed by atoms with E-state index in [4.69, 9.17) is 0 Å². The van der Waals surface area contributed by atoms with Crippen LogP contribution in [-0.4, -0.2) is 16.9 Å². The third-order valence-corrected chi connectivity index (χ3v) is 3.60. The summed E-state index contributed by atoms with van der Waals surface area (Å²) in [6.07, 6.45) is 5.17. The van der Waals surface area contributed by atoms with Crippen LogP contribution >= 0.6 is 0 Å². The van der Waals surface area contributed by atoms with Crippen LogP contribution in [0.15, 0.2) is 36.4 Å². The Morgan fingerprint density at radius 1 is 1.06 bits per heavy atom. The summed E-state index contributed by atoms with van der Waals surface area (Å²) in [4.78, 5) is 25.7. The fourth-order valence-electron chi connectivity index (χ4n) is 2.69. The highest BCUT2D eigenvalue weighted by atomic mass is 16.3. The van der Waals surface area contributed by atoms with Gasteiger partial charge >= 0.3 is 0 Å². The molecule has 1 aromatic carbocycles. The molecule has 2 atom stereocenters. The fourth-order valence-corrected chi connectivity index (χ4v) is 2.69. The van der Waals surface area contributed by atoms with Gasteiger partial charge in [-0.3, -0.25) is 9.59 Å². The van der Waals surface area contributed by atoms with Crippen molar-refractivity contribution in [3.8, 4) is 5.75 Å². The van der Waals surface area contributed by atoms with Crippen molar-refractivity contribution in [1.82, 2.24) is 0 Å². The maximum absolute atomic E-state index is 12.3. The van der Waals surface area contributed by atoms with Crippen LogP contribution in [0.5, 0.6) is 5.75 Å². The maximum atomic E-state index is 12.3. The maximum Gasteiger partial charge on any atom is 0.238 e. The Morgan fingerprint density at radius 2 is 1.67 bits per heavy atom. The lowest BCUT2D eigenvalue weighted by Gasteiger charge is -2.14. The molecule has 1 aromatic rings. The molecule has 0 spiro atoms. The quantitative estimate of drug-likeness (QED) is 0.605. The van der Waals surface area contributed by atoms with E-state index in [2.05, 4.69) is 0 Å². The average Bonchev–Trinajstić information content (AvgIpc) is 2.63. The number of amides is 2. The van der Waals surface area contributed by atoms with Gasteiger partial charge < -0.3 is 5.11 Å². The van der Waals surface area contributed by atoms with Crippen LogP contribution in [0.4, 0.5) is 5.69 Å². The van der Waals surface area contributed by atoms with E-state index in [0.717, 1.165) is 0 Å². The van der Waals surface area contributed by atoms with Crippen LogP contribution in [0.2, 0.25) is 0 Å². The second-order valence-electron chi connectivity index (χ2n) is 4.69. The number of benzene rings is 1. The van der Waals surface area contributed by atoms with E-state index in [-0.39, 0.29) is 29.4 Å². The highest BCUT2D eigenvalue weighted by Gasteiger charge is 2.47. The highest BCUT2D eigenvalue weighted by molar-refractivity contribution is 6.22. The lowest BCUT2D eigenvalue weighted by atomic mass is 9.85. The third-order valence-electron chi connectivity index (χ3n) is 3.60. The molecular formula is C14H13NO3. The standard InChI is InChI=1S/C14H13NO3/c16-10-5-3-4-9(8-10)15-13(17)11-6-1-2-7-12(11)14(15)18/h1-5,8,11-12,16H,6-7H2/t11-,12-/m1/s1. The first-order chi connectivity index (χ1) is 8.68. The zero-order chi connectivity index (χ0) is 12.7. The molecule has 1 N–H and O–H groups in total. The minimum absolute atomic E-state index is 0.0566. The topological polar surface area (TPSA) is 57.6 Å². The number of allylic oxidation sites excluding steroid dienone is 2. The predicted molar refractivity (Wildman–Crippen MR) is 66.0 cm³/mol. The number of nitrogens with zero attached hydrogens (tertiary/aromatic N) is 1. The van der Waals surface area contributed by atoms with Gasteiger partial charge in [-0.25, -0.2) is 4.90 Å². The Kier molecular flexibility index (Phi) is 2.44. The molecular weight excluding hydrogens is 230 g/mol. The molecule has 0 unspecified atom stereocenters. The number of aromatic hydroxyl groups is 1. The number of phenols is 1. The molecule has 18 heavy (non-hydrogen) atoms. The summed E-state index contributed by atoms with van der Waals surface area (Å²) in [5, 5.41) is 9.44. The molecule has 2 amide bonds. The summed E-state index contributed by atoms with van der Waals surface area (Å²) >= 11 is 0. The average molecular weight is 243 g/mol. The van der Waals surface area contributed by atoms with Gasteiger partial charge in [-0.05, 0) is 25.0 Å². The summed E-state index contributed by atoms with van der Waals surface area (Å²) in [6, 6.07) is 6.26. The molecule has 3 rings (SSSR count).